The molecule has 0 aromatic heterocycles. The Hall–Kier alpha value is -1.99. The molecule has 168 valence electrons. The number of benzene rings is 2. The van der Waals surface area contributed by atoms with E-state index in [4.69, 9.17) is 11.6 Å². The van der Waals surface area contributed by atoms with Gasteiger partial charge in [0.1, 0.15) is 11.6 Å². The van der Waals surface area contributed by atoms with Gasteiger partial charge in [-0.15, -0.1) is 0 Å². The van der Waals surface area contributed by atoms with Crippen LogP contribution in [0, 0.1) is 11.6 Å². The fourth-order valence-corrected chi connectivity index (χ4v) is 5.90. The van der Waals surface area contributed by atoms with Crippen LogP contribution < -0.4 is 0 Å². The highest BCUT2D eigenvalue weighted by Gasteiger charge is 2.31. The number of carbonyl (C=O) groups excluding carboxylic acids is 1. The lowest BCUT2D eigenvalue weighted by molar-refractivity contribution is -0.130. The van der Waals surface area contributed by atoms with E-state index in [0.29, 0.717) is 30.7 Å². The average Bonchev–Trinajstić information content (AvgIpc) is 3.28. The summed E-state index contributed by atoms with van der Waals surface area (Å²) in [4.78, 5) is 14.0. The largest absolute Gasteiger partial charge is 0.343 e. The molecule has 1 fully saturated rings. The highest BCUT2D eigenvalue weighted by Crippen LogP contribution is 2.35. The zero-order chi connectivity index (χ0) is 22.4. The van der Waals surface area contributed by atoms with Crippen LogP contribution in [0.4, 0.5) is 8.78 Å². The fourth-order valence-electron chi connectivity index (χ4n) is 3.94. The number of rotatable bonds is 9. The van der Waals surface area contributed by atoms with Crippen LogP contribution in [0.15, 0.2) is 47.4 Å². The van der Waals surface area contributed by atoms with E-state index in [1.807, 2.05) is 4.90 Å². The molecule has 0 radical (unpaired) electrons. The van der Waals surface area contributed by atoms with Crippen LogP contribution in [0.5, 0.6) is 0 Å². The van der Waals surface area contributed by atoms with Gasteiger partial charge in [0.2, 0.25) is 5.91 Å². The van der Waals surface area contributed by atoms with Gasteiger partial charge in [0.15, 0.2) is 9.84 Å². The summed E-state index contributed by atoms with van der Waals surface area (Å²) >= 11 is 5.86. The molecule has 0 saturated carbocycles. The number of hydrogen-bond donors (Lipinski definition) is 0. The Morgan fingerprint density at radius 1 is 1.00 bits per heavy atom. The number of amides is 1. The van der Waals surface area contributed by atoms with Crippen molar-refractivity contribution in [2.45, 2.75) is 55.1 Å². The van der Waals surface area contributed by atoms with Crippen LogP contribution in [0.3, 0.4) is 0 Å². The third-order valence-electron chi connectivity index (χ3n) is 5.64. The van der Waals surface area contributed by atoms with Crippen molar-refractivity contribution in [1.29, 1.82) is 0 Å². The SMILES string of the molecule is O=C(CCCCCC(c1cc(F)ccc1F)S(=O)(=O)c1ccc(Cl)cc1)N1CCCC1. The van der Waals surface area contributed by atoms with Gasteiger partial charge < -0.3 is 4.90 Å². The normalized spacial score (nSPS) is 15.3. The predicted octanol–water partition coefficient (Wildman–Crippen LogP) is 5.71. The van der Waals surface area contributed by atoms with Gasteiger partial charge in [-0.3, -0.25) is 4.79 Å². The molecule has 1 atom stereocenters. The minimum atomic E-state index is -3.97. The van der Waals surface area contributed by atoms with Crippen molar-refractivity contribution in [1.82, 2.24) is 4.90 Å². The molecule has 1 amide bonds. The van der Waals surface area contributed by atoms with Crippen LogP contribution in [0.25, 0.3) is 0 Å². The standard InChI is InChI=1S/C23H26ClF2NO3S/c24-17-8-11-19(12-9-17)31(29,30)22(20-16-18(25)10-13-21(20)26)6-2-1-3-7-23(28)27-14-4-5-15-27/h8-13,16,22H,1-7,14-15H2. The maximum atomic E-state index is 14.5. The second kappa shape index (κ2) is 10.6. The molecule has 1 aliphatic heterocycles. The molecule has 0 N–H and O–H groups in total. The van der Waals surface area contributed by atoms with Gasteiger partial charge in [0.05, 0.1) is 10.1 Å². The summed E-state index contributed by atoms with van der Waals surface area (Å²) in [5.74, 6) is -1.32. The van der Waals surface area contributed by atoms with E-state index in [-0.39, 0.29) is 22.8 Å². The van der Waals surface area contributed by atoms with Crippen molar-refractivity contribution >= 4 is 27.3 Å². The Kier molecular flexibility index (Phi) is 8.06. The van der Waals surface area contributed by atoms with Crippen LogP contribution in [-0.4, -0.2) is 32.3 Å². The predicted molar refractivity (Wildman–Crippen MR) is 117 cm³/mol. The molecule has 0 spiro atoms. The second-order valence-electron chi connectivity index (χ2n) is 7.84. The summed E-state index contributed by atoms with van der Waals surface area (Å²) in [6, 6.07) is 8.52. The quantitative estimate of drug-likeness (QED) is 0.442. The van der Waals surface area contributed by atoms with Crippen molar-refractivity contribution in [3.8, 4) is 0 Å². The number of sulfone groups is 1. The Morgan fingerprint density at radius 3 is 2.35 bits per heavy atom. The van der Waals surface area contributed by atoms with Crippen LogP contribution in [0.1, 0.15) is 55.8 Å². The van der Waals surface area contributed by atoms with E-state index in [1.54, 1.807) is 0 Å². The summed E-state index contributed by atoms with van der Waals surface area (Å²) in [7, 11) is -3.97. The molecule has 2 aromatic rings. The molecular formula is C23H26ClF2NO3S. The molecule has 4 nitrogen and oxygen atoms in total. The van der Waals surface area contributed by atoms with E-state index in [2.05, 4.69) is 0 Å². The van der Waals surface area contributed by atoms with Crippen LogP contribution in [-0.2, 0) is 14.6 Å². The molecule has 8 heteroatoms. The van der Waals surface area contributed by atoms with Gasteiger partial charge in [-0.05, 0) is 68.1 Å². The highest BCUT2D eigenvalue weighted by atomic mass is 35.5. The first-order chi connectivity index (χ1) is 14.8. The van der Waals surface area contributed by atoms with Crippen LogP contribution >= 0.6 is 11.6 Å². The number of carbonyl (C=O) groups is 1. The Bertz CT molecular complexity index is 1010. The molecule has 1 aliphatic rings. The van der Waals surface area contributed by atoms with Gasteiger partial charge in [-0.2, -0.15) is 0 Å². The Balaban J connectivity index is 1.71. The Morgan fingerprint density at radius 2 is 1.68 bits per heavy atom. The van der Waals surface area contributed by atoms with Crippen LogP contribution in [0.2, 0.25) is 5.02 Å². The van der Waals surface area contributed by atoms with Crippen molar-refractivity contribution in [2.24, 2.45) is 0 Å². The summed E-state index contributed by atoms with van der Waals surface area (Å²) in [5, 5.41) is -0.839. The molecule has 1 heterocycles. The summed E-state index contributed by atoms with van der Waals surface area (Å²) in [5.41, 5.74) is -0.178. The molecule has 3 rings (SSSR count). The van der Waals surface area contributed by atoms with E-state index < -0.39 is 26.7 Å². The van der Waals surface area contributed by atoms with Gasteiger partial charge >= 0.3 is 0 Å². The van der Waals surface area contributed by atoms with Crippen molar-refractivity contribution < 1.29 is 22.0 Å². The van der Waals surface area contributed by atoms with E-state index >= 15 is 0 Å². The monoisotopic (exact) mass is 469 g/mol. The van der Waals surface area contributed by atoms with Gasteiger partial charge in [0, 0.05) is 30.1 Å². The first kappa shape index (κ1) is 23.7. The van der Waals surface area contributed by atoms with E-state index in [9.17, 15) is 22.0 Å². The zero-order valence-corrected chi connectivity index (χ0v) is 18.8. The minimum Gasteiger partial charge on any atom is -0.343 e. The third kappa shape index (κ3) is 6.04. The molecule has 0 aliphatic carbocycles. The number of nitrogens with zero attached hydrogens (tertiary/aromatic N) is 1. The van der Waals surface area contributed by atoms with Crippen molar-refractivity contribution in [3.05, 3.63) is 64.7 Å². The molecular weight excluding hydrogens is 444 g/mol. The molecule has 0 bridgehead atoms. The number of likely N-dealkylation sites (tertiary alicyclic amines) is 1. The maximum absolute atomic E-state index is 14.5. The summed E-state index contributed by atoms with van der Waals surface area (Å²) in [6.45, 7) is 1.61. The Labute approximate surface area is 187 Å². The average molecular weight is 470 g/mol. The lowest BCUT2D eigenvalue weighted by Gasteiger charge is -2.19. The number of halogens is 3. The van der Waals surface area contributed by atoms with Gasteiger partial charge in [-0.1, -0.05) is 24.4 Å². The fraction of sp³-hybridized carbons (Fsp3) is 0.435. The van der Waals surface area contributed by atoms with Gasteiger partial charge in [-0.25, -0.2) is 17.2 Å². The molecule has 31 heavy (non-hydrogen) atoms. The summed E-state index contributed by atoms with van der Waals surface area (Å²) < 4.78 is 54.8. The minimum absolute atomic E-state index is 0.00905. The smallest absolute Gasteiger partial charge is 0.222 e. The highest BCUT2D eigenvalue weighted by molar-refractivity contribution is 7.91. The van der Waals surface area contributed by atoms with Crippen molar-refractivity contribution in [2.75, 3.05) is 13.1 Å². The maximum Gasteiger partial charge on any atom is 0.222 e. The lowest BCUT2D eigenvalue weighted by Crippen LogP contribution is -2.27. The first-order valence-electron chi connectivity index (χ1n) is 10.5. The lowest BCUT2D eigenvalue weighted by atomic mass is 10.0. The number of hydrogen-bond acceptors (Lipinski definition) is 3. The second-order valence-corrected chi connectivity index (χ2v) is 10.4. The molecule has 1 saturated heterocycles. The topological polar surface area (TPSA) is 54.5 Å². The van der Waals surface area contributed by atoms with E-state index in [1.165, 1.54) is 24.3 Å². The van der Waals surface area contributed by atoms with E-state index in [0.717, 1.165) is 44.1 Å². The number of unbranched alkanes of at least 4 members (excludes halogenated alkanes) is 2. The van der Waals surface area contributed by atoms with Gasteiger partial charge in [0.25, 0.3) is 0 Å². The molecule has 2 aromatic carbocycles. The third-order valence-corrected chi connectivity index (χ3v) is 8.06. The zero-order valence-electron chi connectivity index (χ0n) is 17.2. The van der Waals surface area contributed by atoms with Crippen molar-refractivity contribution in [3.63, 3.8) is 0 Å². The summed E-state index contributed by atoms with van der Waals surface area (Å²) in [6.07, 6.45) is 4.36. The first-order valence-corrected chi connectivity index (χ1v) is 12.4. The molecule has 1 unspecified atom stereocenters.